The SMILES string of the molecule is Cc1cccc(C(=O)NCc2ccc(N3CCCC3)cc2)c1C. The van der Waals surface area contributed by atoms with Crippen molar-refractivity contribution in [1.82, 2.24) is 5.32 Å². The zero-order valence-corrected chi connectivity index (χ0v) is 13.9. The number of hydrogen-bond acceptors (Lipinski definition) is 2. The van der Waals surface area contributed by atoms with E-state index in [0.717, 1.165) is 35.3 Å². The molecule has 1 aliphatic rings. The third kappa shape index (κ3) is 3.55. The average molecular weight is 308 g/mol. The van der Waals surface area contributed by atoms with Crippen LogP contribution in [0.5, 0.6) is 0 Å². The van der Waals surface area contributed by atoms with Gasteiger partial charge in [0.1, 0.15) is 0 Å². The quantitative estimate of drug-likeness (QED) is 0.931. The third-order valence-corrected chi connectivity index (χ3v) is 4.71. The second-order valence-electron chi connectivity index (χ2n) is 6.29. The molecule has 2 aromatic carbocycles. The minimum absolute atomic E-state index is 0.00480. The molecule has 1 fully saturated rings. The lowest BCUT2D eigenvalue weighted by molar-refractivity contribution is 0.0950. The summed E-state index contributed by atoms with van der Waals surface area (Å²) in [7, 11) is 0. The van der Waals surface area contributed by atoms with Gasteiger partial charge in [0.15, 0.2) is 0 Å². The summed E-state index contributed by atoms with van der Waals surface area (Å²) in [4.78, 5) is 14.8. The van der Waals surface area contributed by atoms with Gasteiger partial charge in [-0.1, -0.05) is 24.3 Å². The zero-order valence-electron chi connectivity index (χ0n) is 13.9. The highest BCUT2D eigenvalue weighted by molar-refractivity contribution is 5.95. The highest BCUT2D eigenvalue weighted by Crippen LogP contribution is 2.20. The Balaban J connectivity index is 1.61. The zero-order chi connectivity index (χ0) is 16.2. The van der Waals surface area contributed by atoms with E-state index in [9.17, 15) is 4.79 Å². The number of anilines is 1. The van der Waals surface area contributed by atoms with Crippen molar-refractivity contribution in [2.75, 3.05) is 18.0 Å². The highest BCUT2D eigenvalue weighted by Gasteiger charge is 2.12. The number of benzene rings is 2. The number of carbonyl (C=O) groups is 1. The summed E-state index contributed by atoms with van der Waals surface area (Å²) in [6.07, 6.45) is 2.57. The largest absolute Gasteiger partial charge is 0.372 e. The normalized spacial score (nSPS) is 14.1. The van der Waals surface area contributed by atoms with Crippen LogP contribution in [0.25, 0.3) is 0 Å². The van der Waals surface area contributed by atoms with Crippen molar-refractivity contribution >= 4 is 11.6 Å². The molecule has 1 N–H and O–H groups in total. The minimum atomic E-state index is -0.00480. The van der Waals surface area contributed by atoms with E-state index in [1.807, 2.05) is 32.0 Å². The van der Waals surface area contributed by atoms with Crippen LogP contribution in [0.3, 0.4) is 0 Å². The summed E-state index contributed by atoms with van der Waals surface area (Å²) in [5.74, 6) is -0.00480. The molecule has 0 aliphatic carbocycles. The van der Waals surface area contributed by atoms with E-state index in [4.69, 9.17) is 0 Å². The van der Waals surface area contributed by atoms with Crippen LogP contribution >= 0.6 is 0 Å². The van der Waals surface area contributed by atoms with Crippen molar-refractivity contribution in [3.63, 3.8) is 0 Å². The van der Waals surface area contributed by atoms with Gasteiger partial charge in [0.25, 0.3) is 5.91 Å². The molecule has 120 valence electrons. The Kier molecular flexibility index (Phi) is 4.65. The molecule has 2 aromatic rings. The fourth-order valence-corrected chi connectivity index (χ4v) is 3.07. The molecule has 23 heavy (non-hydrogen) atoms. The van der Waals surface area contributed by atoms with Gasteiger partial charge in [-0.2, -0.15) is 0 Å². The molecule has 3 heteroatoms. The molecule has 1 saturated heterocycles. The fourth-order valence-electron chi connectivity index (χ4n) is 3.07. The summed E-state index contributed by atoms with van der Waals surface area (Å²) in [5.41, 5.74) is 5.37. The van der Waals surface area contributed by atoms with Crippen molar-refractivity contribution in [1.29, 1.82) is 0 Å². The molecule has 0 bridgehead atoms. The monoisotopic (exact) mass is 308 g/mol. The minimum Gasteiger partial charge on any atom is -0.372 e. The summed E-state index contributed by atoms with van der Waals surface area (Å²) in [6, 6.07) is 14.4. The van der Waals surface area contributed by atoms with E-state index < -0.39 is 0 Å². The van der Waals surface area contributed by atoms with E-state index in [1.165, 1.54) is 18.5 Å². The lowest BCUT2D eigenvalue weighted by Crippen LogP contribution is -2.24. The van der Waals surface area contributed by atoms with Crippen LogP contribution in [0.4, 0.5) is 5.69 Å². The average Bonchev–Trinajstić information content (AvgIpc) is 3.10. The van der Waals surface area contributed by atoms with Gasteiger partial charge in [-0.25, -0.2) is 0 Å². The first kappa shape index (κ1) is 15.6. The van der Waals surface area contributed by atoms with Crippen molar-refractivity contribution < 1.29 is 4.79 Å². The number of aryl methyl sites for hydroxylation is 1. The van der Waals surface area contributed by atoms with Crippen LogP contribution in [0.2, 0.25) is 0 Å². The summed E-state index contributed by atoms with van der Waals surface area (Å²) >= 11 is 0. The predicted molar refractivity (Wildman–Crippen MR) is 95.0 cm³/mol. The van der Waals surface area contributed by atoms with Crippen molar-refractivity contribution in [2.24, 2.45) is 0 Å². The number of carbonyl (C=O) groups excluding carboxylic acids is 1. The van der Waals surface area contributed by atoms with Gasteiger partial charge < -0.3 is 10.2 Å². The van der Waals surface area contributed by atoms with Gasteiger partial charge in [-0.3, -0.25) is 4.79 Å². The van der Waals surface area contributed by atoms with Gasteiger partial charge in [0.2, 0.25) is 0 Å². The number of nitrogens with one attached hydrogen (secondary N) is 1. The molecule has 0 spiro atoms. The molecule has 0 radical (unpaired) electrons. The van der Waals surface area contributed by atoms with Gasteiger partial charge in [-0.15, -0.1) is 0 Å². The van der Waals surface area contributed by atoms with E-state index in [2.05, 4.69) is 34.5 Å². The van der Waals surface area contributed by atoms with Gasteiger partial charge in [0.05, 0.1) is 0 Å². The van der Waals surface area contributed by atoms with E-state index >= 15 is 0 Å². The number of rotatable bonds is 4. The van der Waals surface area contributed by atoms with E-state index in [-0.39, 0.29) is 5.91 Å². The van der Waals surface area contributed by atoms with Crippen LogP contribution < -0.4 is 10.2 Å². The molecule has 0 saturated carbocycles. The second kappa shape index (κ2) is 6.86. The van der Waals surface area contributed by atoms with Crippen molar-refractivity contribution in [3.8, 4) is 0 Å². The molecule has 0 atom stereocenters. The number of amides is 1. The lowest BCUT2D eigenvalue weighted by atomic mass is 10.0. The molecule has 3 rings (SSSR count). The molecule has 0 aromatic heterocycles. The smallest absolute Gasteiger partial charge is 0.251 e. The number of hydrogen-bond donors (Lipinski definition) is 1. The fraction of sp³-hybridized carbons (Fsp3) is 0.350. The molecule has 0 unspecified atom stereocenters. The van der Waals surface area contributed by atoms with E-state index in [0.29, 0.717) is 6.54 Å². The lowest BCUT2D eigenvalue weighted by Gasteiger charge is -2.17. The molecule has 1 amide bonds. The van der Waals surface area contributed by atoms with Crippen LogP contribution in [0, 0.1) is 13.8 Å². The van der Waals surface area contributed by atoms with Crippen molar-refractivity contribution in [3.05, 3.63) is 64.7 Å². The molecule has 3 nitrogen and oxygen atoms in total. The van der Waals surface area contributed by atoms with Gasteiger partial charge in [-0.05, 0) is 61.6 Å². The Morgan fingerprint density at radius 2 is 1.74 bits per heavy atom. The van der Waals surface area contributed by atoms with Crippen molar-refractivity contribution in [2.45, 2.75) is 33.2 Å². The summed E-state index contributed by atoms with van der Waals surface area (Å²) < 4.78 is 0. The van der Waals surface area contributed by atoms with Gasteiger partial charge >= 0.3 is 0 Å². The first-order valence-electron chi connectivity index (χ1n) is 8.33. The Morgan fingerprint density at radius 1 is 1.04 bits per heavy atom. The Labute approximate surface area is 138 Å². The molecule has 1 aliphatic heterocycles. The highest BCUT2D eigenvalue weighted by atomic mass is 16.1. The van der Waals surface area contributed by atoms with Crippen LogP contribution in [0.15, 0.2) is 42.5 Å². The van der Waals surface area contributed by atoms with E-state index in [1.54, 1.807) is 0 Å². The van der Waals surface area contributed by atoms with Crippen LogP contribution in [-0.2, 0) is 6.54 Å². The molecule has 1 heterocycles. The Morgan fingerprint density at radius 3 is 2.43 bits per heavy atom. The van der Waals surface area contributed by atoms with Gasteiger partial charge in [0, 0.05) is 30.9 Å². The summed E-state index contributed by atoms with van der Waals surface area (Å²) in [5, 5.41) is 3.02. The second-order valence-corrected chi connectivity index (χ2v) is 6.29. The Hall–Kier alpha value is -2.29. The summed E-state index contributed by atoms with van der Waals surface area (Å²) in [6.45, 7) is 6.90. The number of nitrogens with zero attached hydrogens (tertiary/aromatic N) is 1. The molecular formula is C20H24N2O. The Bertz CT molecular complexity index is 685. The standard InChI is InChI=1S/C20H24N2O/c1-15-6-5-7-19(16(15)2)20(23)21-14-17-8-10-18(11-9-17)22-12-3-4-13-22/h5-11H,3-4,12-14H2,1-2H3,(H,21,23). The first-order valence-corrected chi connectivity index (χ1v) is 8.33. The maximum absolute atomic E-state index is 12.3. The van der Waals surface area contributed by atoms with Crippen LogP contribution in [0.1, 0.15) is 39.9 Å². The maximum atomic E-state index is 12.3. The topological polar surface area (TPSA) is 32.3 Å². The maximum Gasteiger partial charge on any atom is 0.251 e. The molecular weight excluding hydrogens is 284 g/mol. The van der Waals surface area contributed by atoms with Crippen LogP contribution in [-0.4, -0.2) is 19.0 Å². The third-order valence-electron chi connectivity index (χ3n) is 4.71. The first-order chi connectivity index (χ1) is 11.1. The predicted octanol–water partition coefficient (Wildman–Crippen LogP) is 3.83.